The van der Waals surface area contributed by atoms with E-state index in [1.165, 1.54) is 11.3 Å². The number of fused-ring (bicyclic) bond motifs is 3. The predicted octanol–water partition coefficient (Wildman–Crippen LogP) is 5.64. The number of aromatic carboxylic acids is 1. The highest BCUT2D eigenvalue weighted by Crippen LogP contribution is 2.46. The average Bonchev–Trinajstić information content (AvgIpc) is 3.36. The van der Waals surface area contributed by atoms with Crippen LogP contribution < -0.4 is 9.64 Å². The lowest BCUT2D eigenvalue weighted by Crippen LogP contribution is -2.47. The Hall–Kier alpha value is -3.45. The quantitative estimate of drug-likeness (QED) is 0.418. The third kappa shape index (κ3) is 3.53. The molecule has 7 heteroatoms. The summed E-state index contributed by atoms with van der Waals surface area (Å²) in [6.07, 6.45) is 5.76. The van der Waals surface area contributed by atoms with Gasteiger partial charge in [0.2, 0.25) is 0 Å². The molecule has 166 valence electrons. The van der Waals surface area contributed by atoms with Crippen molar-refractivity contribution in [2.45, 2.75) is 43.9 Å². The Bertz CT molecular complexity index is 1290. The van der Waals surface area contributed by atoms with Crippen LogP contribution >= 0.6 is 11.3 Å². The van der Waals surface area contributed by atoms with Gasteiger partial charge in [0.1, 0.15) is 33.7 Å². The number of carboxylic acid groups (broad SMARTS) is 1. The Labute approximate surface area is 195 Å². The number of rotatable bonds is 5. The first kappa shape index (κ1) is 20.2. The molecule has 0 aliphatic carbocycles. The fourth-order valence-electron chi connectivity index (χ4n) is 5.41. The van der Waals surface area contributed by atoms with E-state index < -0.39 is 5.97 Å². The molecule has 0 amide bonds. The number of piperidine rings is 1. The summed E-state index contributed by atoms with van der Waals surface area (Å²) in [5.41, 5.74) is 1.60. The number of hydrogen-bond acceptors (Lipinski definition) is 6. The van der Waals surface area contributed by atoms with Gasteiger partial charge in [-0.25, -0.2) is 14.8 Å². The van der Waals surface area contributed by atoms with Crippen LogP contribution in [-0.4, -0.2) is 39.2 Å². The van der Waals surface area contributed by atoms with Crippen molar-refractivity contribution in [1.29, 1.82) is 0 Å². The molecule has 2 saturated heterocycles. The van der Waals surface area contributed by atoms with Crippen molar-refractivity contribution < 1.29 is 14.6 Å². The second kappa shape index (κ2) is 8.15. The molecule has 2 unspecified atom stereocenters. The van der Waals surface area contributed by atoms with E-state index in [0.29, 0.717) is 17.0 Å². The van der Waals surface area contributed by atoms with Gasteiger partial charge in [-0.05, 0) is 30.5 Å². The molecule has 6 nitrogen and oxygen atoms in total. The molecule has 2 aliphatic heterocycles. The number of carboxylic acids is 1. The van der Waals surface area contributed by atoms with Crippen LogP contribution in [0.5, 0.6) is 5.75 Å². The van der Waals surface area contributed by atoms with Crippen molar-refractivity contribution in [2.75, 3.05) is 4.90 Å². The molecule has 2 aromatic heterocycles. The van der Waals surface area contributed by atoms with Gasteiger partial charge in [-0.15, -0.1) is 11.3 Å². The van der Waals surface area contributed by atoms with Crippen molar-refractivity contribution in [1.82, 2.24) is 9.97 Å². The van der Waals surface area contributed by atoms with Crippen LogP contribution in [0.15, 0.2) is 67.0 Å². The number of anilines is 1. The van der Waals surface area contributed by atoms with Crippen LogP contribution in [0.4, 0.5) is 5.82 Å². The maximum atomic E-state index is 12.1. The van der Waals surface area contributed by atoms with Crippen LogP contribution in [0.3, 0.4) is 0 Å². The standard InChI is InChI=1S/C26H23N3O3S/c30-26(31)23-21(16-7-3-1-4-8-16)22-24(27-15-28-25(22)33-23)29-17-11-12-18(29)14-20(13-17)32-19-9-5-2-6-10-19/h1-10,15,17-18,20H,11-14H2,(H,30,31). The van der Waals surface area contributed by atoms with E-state index >= 15 is 0 Å². The van der Waals surface area contributed by atoms with Gasteiger partial charge in [-0.2, -0.15) is 0 Å². The molecule has 2 fully saturated rings. The maximum Gasteiger partial charge on any atom is 0.346 e. The second-order valence-electron chi connectivity index (χ2n) is 8.67. The van der Waals surface area contributed by atoms with Crippen molar-refractivity contribution in [3.05, 3.63) is 71.9 Å². The van der Waals surface area contributed by atoms with E-state index in [-0.39, 0.29) is 6.10 Å². The fraction of sp³-hybridized carbons (Fsp3) is 0.269. The van der Waals surface area contributed by atoms with Crippen molar-refractivity contribution in [2.24, 2.45) is 0 Å². The molecule has 4 aromatic rings. The Morgan fingerprint density at radius 1 is 0.970 bits per heavy atom. The van der Waals surface area contributed by atoms with Crippen molar-refractivity contribution in [3.63, 3.8) is 0 Å². The highest BCUT2D eigenvalue weighted by atomic mass is 32.1. The number of hydrogen-bond donors (Lipinski definition) is 1. The van der Waals surface area contributed by atoms with Crippen LogP contribution in [0.2, 0.25) is 0 Å². The molecule has 0 spiro atoms. The monoisotopic (exact) mass is 457 g/mol. The molecule has 2 bridgehead atoms. The molecular weight excluding hydrogens is 434 g/mol. The van der Waals surface area contributed by atoms with Gasteiger partial charge in [-0.1, -0.05) is 48.5 Å². The first-order valence-electron chi connectivity index (χ1n) is 11.3. The van der Waals surface area contributed by atoms with E-state index in [2.05, 4.69) is 9.88 Å². The van der Waals surface area contributed by atoms with E-state index in [0.717, 1.165) is 58.6 Å². The first-order valence-corrected chi connectivity index (χ1v) is 12.1. The van der Waals surface area contributed by atoms with Gasteiger partial charge in [0.05, 0.1) is 5.39 Å². The van der Waals surface area contributed by atoms with Gasteiger partial charge < -0.3 is 14.7 Å². The zero-order valence-corrected chi connectivity index (χ0v) is 18.7. The summed E-state index contributed by atoms with van der Waals surface area (Å²) in [6.45, 7) is 0. The molecule has 2 atom stereocenters. The summed E-state index contributed by atoms with van der Waals surface area (Å²) in [6, 6.07) is 20.4. The SMILES string of the molecule is O=C(O)c1sc2ncnc(N3C4CCC3CC(Oc3ccccc3)C4)c2c1-c1ccccc1. The van der Waals surface area contributed by atoms with E-state index in [1.54, 1.807) is 6.33 Å². The Balaban J connectivity index is 1.41. The zero-order chi connectivity index (χ0) is 22.4. The van der Waals surface area contributed by atoms with Crippen molar-refractivity contribution in [3.8, 4) is 16.9 Å². The predicted molar refractivity (Wildman–Crippen MR) is 129 cm³/mol. The Morgan fingerprint density at radius 3 is 2.30 bits per heavy atom. The third-order valence-electron chi connectivity index (χ3n) is 6.71. The summed E-state index contributed by atoms with van der Waals surface area (Å²) < 4.78 is 6.30. The molecule has 6 rings (SSSR count). The minimum Gasteiger partial charge on any atom is -0.490 e. The Morgan fingerprint density at radius 2 is 1.64 bits per heavy atom. The largest absolute Gasteiger partial charge is 0.490 e. The summed E-state index contributed by atoms with van der Waals surface area (Å²) in [4.78, 5) is 24.8. The number of para-hydroxylation sites is 1. The summed E-state index contributed by atoms with van der Waals surface area (Å²) >= 11 is 1.23. The summed E-state index contributed by atoms with van der Waals surface area (Å²) in [5.74, 6) is 0.837. The van der Waals surface area contributed by atoms with Crippen LogP contribution in [0.1, 0.15) is 35.4 Å². The molecule has 0 saturated carbocycles. The number of benzene rings is 2. The second-order valence-corrected chi connectivity index (χ2v) is 9.67. The normalized spacial score (nSPS) is 21.9. The van der Waals surface area contributed by atoms with Gasteiger partial charge in [0, 0.05) is 30.5 Å². The lowest BCUT2D eigenvalue weighted by atomic mass is 9.97. The average molecular weight is 458 g/mol. The topological polar surface area (TPSA) is 75.5 Å². The molecule has 4 heterocycles. The lowest BCUT2D eigenvalue weighted by Gasteiger charge is -2.40. The number of thiophene rings is 1. The summed E-state index contributed by atoms with van der Waals surface area (Å²) in [5, 5.41) is 10.8. The molecule has 2 aliphatic rings. The van der Waals surface area contributed by atoms with Gasteiger partial charge in [0.15, 0.2) is 0 Å². The van der Waals surface area contributed by atoms with E-state index in [9.17, 15) is 9.90 Å². The molecule has 2 aromatic carbocycles. The number of aromatic nitrogens is 2. The molecule has 1 N–H and O–H groups in total. The zero-order valence-electron chi connectivity index (χ0n) is 17.9. The lowest BCUT2D eigenvalue weighted by molar-refractivity contribution is 0.0703. The molecular formula is C26H23N3O3S. The minimum atomic E-state index is -0.930. The highest BCUT2D eigenvalue weighted by molar-refractivity contribution is 7.21. The highest BCUT2D eigenvalue weighted by Gasteiger charge is 2.43. The third-order valence-corrected chi connectivity index (χ3v) is 7.79. The number of nitrogens with zero attached hydrogens (tertiary/aromatic N) is 3. The van der Waals surface area contributed by atoms with Crippen molar-refractivity contribution >= 4 is 33.3 Å². The van der Waals surface area contributed by atoms with Gasteiger partial charge >= 0.3 is 5.97 Å². The van der Waals surface area contributed by atoms with E-state index in [4.69, 9.17) is 9.72 Å². The summed E-state index contributed by atoms with van der Waals surface area (Å²) in [7, 11) is 0. The fourth-order valence-corrected chi connectivity index (χ4v) is 6.40. The van der Waals surface area contributed by atoms with Crippen LogP contribution in [0.25, 0.3) is 21.3 Å². The number of carbonyl (C=O) groups is 1. The van der Waals surface area contributed by atoms with Crippen LogP contribution in [-0.2, 0) is 0 Å². The maximum absolute atomic E-state index is 12.1. The molecule has 0 radical (unpaired) electrons. The van der Waals surface area contributed by atoms with E-state index in [1.807, 2.05) is 60.7 Å². The van der Waals surface area contributed by atoms with Gasteiger partial charge in [-0.3, -0.25) is 0 Å². The first-order chi connectivity index (χ1) is 16.2. The molecule has 33 heavy (non-hydrogen) atoms. The smallest absolute Gasteiger partial charge is 0.346 e. The van der Waals surface area contributed by atoms with Crippen LogP contribution in [0, 0.1) is 0 Å². The Kier molecular flexibility index (Phi) is 4.99. The minimum absolute atomic E-state index is 0.170. The number of ether oxygens (including phenoxy) is 1. The van der Waals surface area contributed by atoms with Gasteiger partial charge in [0.25, 0.3) is 0 Å².